The molecule has 0 saturated carbocycles. The minimum atomic E-state index is -1.89. The minimum Gasteiger partial charge on any atom is -0.414 e. The third kappa shape index (κ3) is 3.40. The van der Waals surface area contributed by atoms with Crippen LogP contribution < -0.4 is 5.73 Å². The van der Waals surface area contributed by atoms with E-state index in [1.807, 2.05) is 0 Å². The molecule has 0 radical (unpaired) electrons. The average Bonchev–Trinajstić information content (AvgIpc) is 3.08. The summed E-state index contributed by atoms with van der Waals surface area (Å²) in [7, 11) is -1.89. The molecule has 7 nitrogen and oxygen atoms in total. The molecule has 2 aromatic rings. The van der Waals surface area contributed by atoms with Gasteiger partial charge < -0.3 is 14.9 Å². The Morgan fingerprint density at radius 2 is 2.08 bits per heavy atom. The van der Waals surface area contributed by atoms with Crippen molar-refractivity contribution in [2.75, 3.05) is 12.3 Å². The second-order valence-electron chi connectivity index (χ2n) is 8.05. The number of alkyl halides is 1. The maximum atomic E-state index is 14.6. The molecule has 3 heterocycles. The molecule has 2 N–H and O–H groups in total. The fraction of sp³-hybridized carbons (Fsp3) is 0.688. The molecule has 1 aliphatic rings. The van der Waals surface area contributed by atoms with Crippen LogP contribution in [-0.4, -0.2) is 46.7 Å². The van der Waals surface area contributed by atoms with Gasteiger partial charge in [-0.05, 0) is 18.1 Å². The lowest BCUT2D eigenvalue weighted by molar-refractivity contribution is -0.0331. The summed E-state index contributed by atoms with van der Waals surface area (Å²) in [6, 6.07) is 0. The molecule has 0 aromatic carbocycles. The van der Waals surface area contributed by atoms with E-state index in [2.05, 4.69) is 48.8 Å². The molecule has 0 amide bonds. The molecule has 0 aliphatic carbocycles. The summed E-state index contributed by atoms with van der Waals surface area (Å²) >= 11 is 0. The van der Waals surface area contributed by atoms with Crippen LogP contribution in [0.5, 0.6) is 0 Å². The van der Waals surface area contributed by atoms with Crippen LogP contribution in [0.3, 0.4) is 0 Å². The summed E-state index contributed by atoms with van der Waals surface area (Å²) in [6.07, 6.45) is 0.930. The van der Waals surface area contributed by atoms with E-state index in [9.17, 15) is 4.39 Å². The van der Waals surface area contributed by atoms with Crippen molar-refractivity contribution in [1.82, 2.24) is 19.5 Å². The molecule has 0 unspecified atom stereocenters. The number of aromatic nitrogens is 4. The number of imidazole rings is 1. The van der Waals surface area contributed by atoms with Crippen LogP contribution in [0, 0.1) is 0 Å². The largest absolute Gasteiger partial charge is 0.414 e. The maximum absolute atomic E-state index is 14.6. The zero-order valence-corrected chi connectivity index (χ0v) is 16.4. The van der Waals surface area contributed by atoms with Gasteiger partial charge in [0.15, 0.2) is 26.0 Å². The lowest BCUT2D eigenvalue weighted by atomic mass is 10.2. The highest BCUT2D eigenvalue weighted by molar-refractivity contribution is 6.74. The molecule has 1 saturated heterocycles. The van der Waals surface area contributed by atoms with Gasteiger partial charge in [0.25, 0.3) is 0 Å². The lowest BCUT2D eigenvalue weighted by Gasteiger charge is -2.36. The lowest BCUT2D eigenvalue weighted by Crippen LogP contribution is -2.42. The first kappa shape index (κ1) is 18.2. The Morgan fingerprint density at radius 1 is 1.36 bits per heavy atom. The predicted molar refractivity (Wildman–Crippen MR) is 96.3 cm³/mol. The topological polar surface area (TPSA) is 88.1 Å². The van der Waals surface area contributed by atoms with Crippen molar-refractivity contribution in [1.29, 1.82) is 0 Å². The molecular formula is C16H26FN5O2Si. The van der Waals surface area contributed by atoms with Gasteiger partial charge in [0.2, 0.25) is 0 Å². The number of hydrogen-bond acceptors (Lipinski definition) is 6. The van der Waals surface area contributed by atoms with Crippen molar-refractivity contribution in [2.45, 2.75) is 63.8 Å². The van der Waals surface area contributed by atoms with E-state index < -0.39 is 20.7 Å². The number of nitrogens with two attached hydrogens (primary N) is 1. The number of hydrogen-bond donors (Lipinski definition) is 1. The number of halogens is 1. The summed E-state index contributed by atoms with van der Waals surface area (Å²) in [5, 5.41) is 0.106. The summed E-state index contributed by atoms with van der Waals surface area (Å²) in [4.78, 5) is 12.2. The zero-order valence-electron chi connectivity index (χ0n) is 15.4. The van der Waals surface area contributed by atoms with Crippen molar-refractivity contribution in [3.63, 3.8) is 0 Å². The van der Waals surface area contributed by atoms with Crippen molar-refractivity contribution in [3.05, 3.63) is 12.7 Å². The summed E-state index contributed by atoms with van der Waals surface area (Å²) in [6.45, 7) is 11.3. The molecule has 25 heavy (non-hydrogen) atoms. The van der Waals surface area contributed by atoms with E-state index in [0.717, 1.165) is 0 Å². The molecule has 3 atom stereocenters. The van der Waals surface area contributed by atoms with Crippen LogP contribution in [0.25, 0.3) is 11.2 Å². The Morgan fingerprint density at radius 3 is 2.76 bits per heavy atom. The van der Waals surface area contributed by atoms with Gasteiger partial charge >= 0.3 is 0 Å². The Bertz CT molecular complexity index is 761. The van der Waals surface area contributed by atoms with Crippen molar-refractivity contribution in [2.24, 2.45) is 0 Å². The van der Waals surface area contributed by atoms with Crippen LogP contribution in [0.4, 0.5) is 10.2 Å². The monoisotopic (exact) mass is 367 g/mol. The van der Waals surface area contributed by atoms with Crippen LogP contribution in [-0.2, 0) is 9.16 Å². The van der Waals surface area contributed by atoms with Crippen molar-refractivity contribution in [3.8, 4) is 0 Å². The summed E-state index contributed by atoms with van der Waals surface area (Å²) in [5.41, 5.74) is 6.73. The second-order valence-corrected chi connectivity index (χ2v) is 12.9. The van der Waals surface area contributed by atoms with E-state index in [-0.39, 0.29) is 17.0 Å². The van der Waals surface area contributed by atoms with Gasteiger partial charge in [0, 0.05) is 6.42 Å². The standard InChI is InChI=1S/C16H26FN5O2Si/c1-16(2,3)25(4,5)23-7-10-6-11(17)15(24-10)22-9-21-12-13(18)19-8-20-14(12)22/h8-11,15H,6-7H2,1-5H3,(H2,18,19,20)/t10-,11+,15+/m0/s1. The molecule has 1 aliphatic heterocycles. The van der Waals surface area contributed by atoms with E-state index in [4.69, 9.17) is 14.9 Å². The Hall–Kier alpha value is -1.58. The molecule has 138 valence electrons. The molecule has 3 rings (SSSR count). The van der Waals surface area contributed by atoms with Crippen LogP contribution in [0.15, 0.2) is 12.7 Å². The van der Waals surface area contributed by atoms with Gasteiger partial charge in [-0.2, -0.15) is 0 Å². The van der Waals surface area contributed by atoms with Crippen LogP contribution in [0.1, 0.15) is 33.4 Å². The first-order chi connectivity index (χ1) is 11.6. The molecule has 1 fully saturated rings. The average molecular weight is 368 g/mol. The molecule has 2 aromatic heterocycles. The Labute approximate surface area is 147 Å². The zero-order chi connectivity index (χ0) is 18.4. The quantitative estimate of drug-likeness (QED) is 0.836. The summed E-state index contributed by atoms with van der Waals surface area (Å²) in [5.74, 6) is 0.273. The number of anilines is 1. The highest BCUT2D eigenvalue weighted by atomic mass is 28.4. The van der Waals surface area contributed by atoms with E-state index in [0.29, 0.717) is 24.2 Å². The third-order valence-electron chi connectivity index (χ3n) is 5.23. The SMILES string of the molecule is CC(C)(C)[Si](C)(C)OC[C@@H]1C[C@@H](F)[C@H](n2cnc3c(N)ncnc32)O1. The van der Waals surface area contributed by atoms with Gasteiger partial charge in [-0.1, -0.05) is 20.8 Å². The normalized spacial score (nSPS) is 25.0. The fourth-order valence-electron chi connectivity index (χ4n) is 2.63. The highest BCUT2D eigenvalue weighted by Crippen LogP contribution is 2.38. The first-order valence-corrected chi connectivity index (χ1v) is 11.4. The molecule has 0 spiro atoms. The summed E-state index contributed by atoms with van der Waals surface area (Å²) < 4.78 is 28.3. The maximum Gasteiger partial charge on any atom is 0.192 e. The third-order valence-corrected chi connectivity index (χ3v) is 9.73. The minimum absolute atomic E-state index is 0.106. The number of nitrogen functional groups attached to an aromatic ring is 1. The second kappa shape index (κ2) is 6.29. The van der Waals surface area contributed by atoms with Gasteiger partial charge in [-0.25, -0.2) is 19.3 Å². The first-order valence-electron chi connectivity index (χ1n) is 8.46. The number of ether oxygens (including phenoxy) is 1. The van der Waals surface area contributed by atoms with Crippen molar-refractivity contribution < 1.29 is 13.6 Å². The van der Waals surface area contributed by atoms with Crippen LogP contribution in [0.2, 0.25) is 18.1 Å². The van der Waals surface area contributed by atoms with Gasteiger partial charge in [-0.15, -0.1) is 0 Å². The van der Waals surface area contributed by atoms with Crippen LogP contribution >= 0.6 is 0 Å². The van der Waals surface area contributed by atoms with E-state index in [1.54, 1.807) is 4.57 Å². The molecular weight excluding hydrogens is 341 g/mol. The number of rotatable bonds is 4. The van der Waals surface area contributed by atoms with E-state index >= 15 is 0 Å². The van der Waals surface area contributed by atoms with E-state index in [1.165, 1.54) is 12.7 Å². The predicted octanol–water partition coefficient (Wildman–Crippen LogP) is 3.06. The van der Waals surface area contributed by atoms with Gasteiger partial charge in [-0.3, -0.25) is 4.57 Å². The number of nitrogens with zero attached hydrogens (tertiary/aromatic N) is 4. The van der Waals surface area contributed by atoms with Gasteiger partial charge in [0.05, 0.1) is 19.0 Å². The Balaban J connectivity index is 1.72. The number of fused-ring (bicyclic) bond motifs is 1. The smallest absolute Gasteiger partial charge is 0.192 e. The van der Waals surface area contributed by atoms with Crippen molar-refractivity contribution >= 4 is 25.3 Å². The molecule has 0 bridgehead atoms. The Kier molecular flexibility index (Phi) is 4.59. The highest BCUT2D eigenvalue weighted by Gasteiger charge is 2.41. The molecule has 9 heteroatoms. The van der Waals surface area contributed by atoms with Gasteiger partial charge in [0.1, 0.15) is 18.0 Å². The fourth-order valence-corrected chi connectivity index (χ4v) is 3.66.